The van der Waals surface area contributed by atoms with Crippen molar-refractivity contribution in [3.05, 3.63) is 35.9 Å². The van der Waals surface area contributed by atoms with Gasteiger partial charge in [0.25, 0.3) is 0 Å². The van der Waals surface area contributed by atoms with E-state index in [4.69, 9.17) is 10.8 Å². The molecule has 0 saturated heterocycles. The summed E-state index contributed by atoms with van der Waals surface area (Å²) < 4.78 is 0. The summed E-state index contributed by atoms with van der Waals surface area (Å²) in [5.41, 5.74) is 5.94. The van der Waals surface area contributed by atoms with E-state index in [-0.39, 0.29) is 12.8 Å². The van der Waals surface area contributed by atoms with Crippen LogP contribution in [0.5, 0.6) is 0 Å². The normalized spacial score (nSPS) is 14.0. The molecule has 1 rings (SSSR count). The van der Waals surface area contributed by atoms with Crippen molar-refractivity contribution in [1.82, 2.24) is 10.6 Å². The molecule has 0 spiro atoms. The third kappa shape index (κ3) is 6.60. The number of hydrogen-bond donors (Lipinski definition) is 5. The van der Waals surface area contributed by atoms with Crippen molar-refractivity contribution in [1.29, 1.82) is 0 Å². The Morgan fingerprint density at radius 2 is 1.64 bits per heavy atom. The highest BCUT2D eigenvalue weighted by atomic mass is 16.4. The van der Waals surface area contributed by atoms with Gasteiger partial charge in [-0.15, -0.1) is 0 Å². The molecule has 9 heteroatoms. The molecule has 0 aliphatic rings. The molecule has 0 aromatic heterocycles. The molecule has 1 aromatic rings. The number of hydrogen-bond acceptors (Lipinski definition) is 5. The van der Waals surface area contributed by atoms with Crippen molar-refractivity contribution in [3.8, 4) is 0 Å². The lowest BCUT2D eigenvalue weighted by Gasteiger charge is -2.20. The van der Waals surface area contributed by atoms with Crippen LogP contribution in [-0.2, 0) is 19.2 Å². The number of aliphatic carboxylic acids is 2. The highest BCUT2D eigenvalue weighted by Gasteiger charge is 2.26. The average Bonchev–Trinajstić information content (AvgIpc) is 2.57. The van der Waals surface area contributed by atoms with Crippen LogP contribution in [0.15, 0.2) is 30.3 Å². The van der Waals surface area contributed by atoms with Crippen LogP contribution in [0.3, 0.4) is 0 Å². The largest absolute Gasteiger partial charge is 0.481 e. The Morgan fingerprint density at radius 3 is 2.16 bits per heavy atom. The zero-order valence-corrected chi connectivity index (χ0v) is 13.6. The van der Waals surface area contributed by atoms with Crippen molar-refractivity contribution < 1.29 is 29.4 Å². The molecule has 0 radical (unpaired) electrons. The third-order valence-electron chi connectivity index (χ3n) is 3.42. The third-order valence-corrected chi connectivity index (χ3v) is 3.42. The van der Waals surface area contributed by atoms with Crippen LogP contribution < -0.4 is 16.4 Å². The molecule has 136 valence electrons. The first kappa shape index (κ1) is 20.1. The Balaban J connectivity index is 2.64. The van der Waals surface area contributed by atoms with E-state index in [0.717, 1.165) is 0 Å². The molecule has 0 bridgehead atoms. The van der Waals surface area contributed by atoms with Crippen molar-refractivity contribution in [2.75, 3.05) is 0 Å². The summed E-state index contributed by atoms with van der Waals surface area (Å²) in [6, 6.07) is 4.76. The van der Waals surface area contributed by atoms with Crippen LogP contribution in [0.1, 0.15) is 31.4 Å². The number of rotatable bonds is 9. The van der Waals surface area contributed by atoms with Crippen LogP contribution >= 0.6 is 0 Å². The summed E-state index contributed by atoms with van der Waals surface area (Å²) in [4.78, 5) is 45.8. The molecule has 0 fully saturated rings. The molecule has 0 unspecified atom stereocenters. The lowest BCUT2D eigenvalue weighted by molar-refractivity contribution is -0.142. The highest BCUT2D eigenvalue weighted by molar-refractivity contribution is 5.91. The van der Waals surface area contributed by atoms with Gasteiger partial charge < -0.3 is 26.6 Å². The smallest absolute Gasteiger partial charge is 0.330 e. The molecule has 2 amide bonds. The summed E-state index contributed by atoms with van der Waals surface area (Å²) in [7, 11) is 0. The van der Waals surface area contributed by atoms with Gasteiger partial charge in [0.15, 0.2) is 6.04 Å². The van der Waals surface area contributed by atoms with Gasteiger partial charge in [-0.1, -0.05) is 30.3 Å². The molecule has 0 saturated carbocycles. The minimum Gasteiger partial charge on any atom is -0.481 e. The molecule has 0 aliphatic carbocycles. The molecular formula is C16H21N3O6. The lowest BCUT2D eigenvalue weighted by atomic mass is 10.1. The topological polar surface area (TPSA) is 159 Å². The fraction of sp³-hybridized carbons (Fsp3) is 0.375. The van der Waals surface area contributed by atoms with E-state index in [1.165, 1.54) is 6.92 Å². The molecule has 0 heterocycles. The van der Waals surface area contributed by atoms with Gasteiger partial charge in [0.05, 0.1) is 6.04 Å². The first-order valence-corrected chi connectivity index (χ1v) is 7.58. The number of nitrogens with two attached hydrogens (primary N) is 1. The Bertz CT molecular complexity index is 634. The van der Waals surface area contributed by atoms with E-state index in [1.807, 2.05) is 0 Å². The second kappa shape index (κ2) is 9.38. The summed E-state index contributed by atoms with van der Waals surface area (Å²) in [6.07, 6.45) is -0.346. The zero-order chi connectivity index (χ0) is 19.0. The first-order valence-electron chi connectivity index (χ1n) is 7.58. The van der Waals surface area contributed by atoms with Crippen molar-refractivity contribution >= 4 is 23.8 Å². The Kier molecular flexibility index (Phi) is 7.54. The molecular weight excluding hydrogens is 330 g/mol. The lowest BCUT2D eigenvalue weighted by Crippen LogP contribution is -2.51. The first-order chi connectivity index (χ1) is 11.7. The van der Waals surface area contributed by atoms with Gasteiger partial charge in [0, 0.05) is 6.42 Å². The predicted octanol–water partition coefficient (Wildman–Crippen LogP) is -0.375. The molecule has 6 N–H and O–H groups in total. The van der Waals surface area contributed by atoms with Gasteiger partial charge in [0.1, 0.15) is 6.04 Å². The van der Waals surface area contributed by atoms with Crippen LogP contribution in [0.25, 0.3) is 0 Å². The van der Waals surface area contributed by atoms with E-state index < -0.39 is 41.9 Å². The van der Waals surface area contributed by atoms with Gasteiger partial charge in [-0.25, -0.2) is 4.79 Å². The molecule has 1 aromatic carbocycles. The number of carboxylic acids is 2. The second-order valence-corrected chi connectivity index (χ2v) is 5.46. The van der Waals surface area contributed by atoms with E-state index >= 15 is 0 Å². The predicted molar refractivity (Wildman–Crippen MR) is 87.4 cm³/mol. The fourth-order valence-corrected chi connectivity index (χ4v) is 2.00. The fourth-order valence-electron chi connectivity index (χ4n) is 2.00. The monoisotopic (exact) mass is 351 g/mol. The van der Waals surface area contributed by atoms with Crippen LogP contribution in [-0.4, -0.2) is 46.0 Å². The number of carboxylic acid groups (broad SMARTS) is 2. The maximum absolute atomic E-state index is 12.1. The van der Waals surface area contributed by atoms with Gasteiger partial charge in [-0.3, -0.25) is 14.4 Å². The zero-order valence-electron chi connectivity index (χ0n) is 13.6. The van der Waals surface area contributed by atoms with E-state index in [0.29, 0.717) is 5.56 Å². The average molecular weight is 351 g/mol. The maximum Gasteiger partial charge on any atom is 0.330 e. The van der Waals surface area contributed by atoms with E-state index in [2.05, 4.69) is 10.6 Å². The van der Waals surface area contributed by atoms with Gasteiger partial charge in [0.2, 0.25) is 11.8 Å². The maximum atomic E-state index is 12.1. The SMILES string of the molecule is C[C@H](NC(=O)[C@H](N)CCC(=O)O)C(=O)N[C@H](C(=O)O)c1ccccc1. The Hall–Kier alpha value is -2.94. The Morgan fingerprint density at radius 1 is 1.04 bits per heavy atom. The molecule has 25 heavy (non-hydrogen) atoms. The Labute approximate surface area is 144 Å². The summed E-state index contributed by atoms with van der Waals surface area (Å²) in [5, 5.41) is 22.5. The van der Waals surface area contributed by atoms with Crippen LogP contribution in [0, 0.1) is 0 Å². The van der Waals surface area contributed by atoms with Crippen molar-refractivity contribution in [2.24, 2.45) is 5.73 Å². The second-order valence-electron chi connectivity index (χ2n) is 5.46. The molecule has 0 aliphatic heterocycles. The van der Waals surface area contributed by atoms with Crippen molar-refractivity contribution in [2.45, 2.75) is 37.9 Å². The number of amides is 2. The number of nitrogens with one attached hydrogen (secondary N) is 2. The van der Waals surface area contributed by atoms with Gasteiger partial charge in [-0.05, 0) is 18.9 Å². The molecule has 9 nitrogen and oxygen atoms in total. The quantitative estimate of drug-likeness (QED) is 0.405. The van der Waals surface area contributed by atoms with E-state index in [1.54, 1.807) is 30.3 Å². The van der Waals surface area contributed by atoms with Crippen LogP contribution in [0.2, 0.25) is 0 Å². The summed E-state index contributed by atoms with van der Waals surface area (Å²) >= 11 is 0. The van der Waals surface area contributed by atoms with Crippen molar-refractivity contribution in [3.63, 3.8) is 0 Å². The minimum atomic E-state index is -1.26. The number of carbonyl (C=O) groups is 4. The van der Waals surface area contributed by atoms with Gasteiger partial charge in [-0.2, -0.15) is 0 Å². The van der Waals surface area contributed by atoms with E-state index in [9.17, 15) is 24.3 Å². The standard InChI is InChI=1S/C16H21N3O6/c1-9(18-15(23)11(17)7-8-12(20)21)14(22)19-13(16(24)25)10-5-3-2-4-6-10/h2-6,9,11,13H,7-8,17H2,1H3,(H,18,23)(H,19,22)(H,20,21)(H,24,25)/t9-,11+,13-/m0/s1. The van der Waals surface area contributed by atoms with Gasteiger partial charge >= 0.3 is 11.9 Å². The summed E-state index contributed by atoms with van der Waals surface area (Å²) in [6.45, 7) is 1.38. The highest BCUT2D eigenvalue weighted by Crippen LogP contribution is 2.12. The number of benzene rings is 1. The molecule has 3 atom stereocenters. The van der Waals surface area contributed by atoms with Crippen LogP contribution in [0.4, 0.5) is 0 Å². The summed E-state index contributed by atoms with van der Waals surface area (Å²) in [5.74, 6) is -3.71. The number of carbonyl (C=O) groups excluding carboxylic acids is 2. The minimum absolute atomic E-state index is 0.0722.